The van der Waals surface area contributed by atoms with Crippen LogP contribution in [0.4, 0.5) is 0 Å². The zero-order valence-corrected chi connectivity index (χ0v) is 15.7. The van der Waals surface area contributed by atoms with Gasteiger partial charge in [0.1, 0.15) is 5.75 Å². The van der Waals surface area contributed by atoms with Gasteiger partial charge in [0.05, 0.1) is 0 Å². The predicted octanol–water partition coefficient (Wildman–Crippen LogP) is 1.43. The first-order valence-corrected chi connectivity index (χ1v) is 9.57. The molecule has 2 aliphatic heterocycles. The van der Waals surface area contributed by atoms with E-state index in [1.165, 1.54) is 0 Å². The van der Waals surface area contributed by atoms with E-state index < -0.39 is 6.10 Å². The molecule has 142 valence electrons. The number of piperazine rings is 1. The molecule has 2 saturated heterocycles. The minimum Gasteiger partial charge on any atom is -0.481 e. The van der Waals surface area contributed by atoms with Crippen molar-refractivity contribution in [2.45, 2.75) is 32.8 Å². The highest BCUT2D eigenvalue weighted by atomic mass is 16.5. The minimum atomic E-state index is -0.525. The van der Waals surface area contributed by atoms with Crippen LogP contribution < -0.4 is 10.1 Å². The van der Waals surface area contributed by atoms with Gasteiger partial charge in [0.25, 0.3) is 5.91 Å². The van der Waals surface area contributed by atoms with Gasteiger partial charge in [-0.25, -0.2) is 0 Å². The number of aryl methyl sites for hydroxylation is 1. The average Bonchev–Trinajstić information content (AvgIpc) is 2.69. The number of para-hydroxylation sites is 1. The molecule has 0 radical (unpaired) electrons. The molecule has 3 rings (SSSR count). The van der Waals surface area contributed by atoms with Crippen molar-refractivity contribution in [2.24, 2.45) is 5.92 Å². The summed E-state index contributed by atoms with van der Waals surface area (Å²) in [6.45, 7) is 8.00. The van der Waals surface area contributed by atoms with E-state index in [1.54, 1.807) is 6.92 Å². The normalized spacial score (nSPS) is 19.9. The zero-order chi connectivity index (χ0) is 18.5. The number of hydrogen-bond acceptors (Lipinski definition) is 4. The van der Waals surface area contributed by atoms with Crippen LogP contribution in [0.25, 0.3) is 0 Å². The third-order valence-electron chi connectivity index (χ3n) is 5.34. The molecule has 2 amide bonds. The lowest BCUT2D eigenvalue weighted by Gasteiger charge is -2.38. The lowest BCUT2D eigenvalue weighted by atomic mass is 9.96. The Bertz CT molecular complexity index is 635. The van der Waals surface area contributed by atoms with Gasteiger partial charge in [0.2, 0.25) is 5.91 Å². The van der Waals surface area contributed by atoms with Crippen molar-refractivity contribution in [3.05, 3.63) is 29.8 Å². The molecule has 0 bridgehead atoms. The molecule has 0 spiro atoms. The average molecular weight is 359 g/mol. The van der Waals surface area contributed by atoms with Crippen LogP contribution in [0.3, 0.4) is 0 Å². The predicted molar refractivity (Wildman–Crippen MR) is 100 cm³/mol. The Labute approximate surface area is 155 Å². The maximum atomic E-state index is 12.7. The highest BCUT2D eigenvalue weighted by Crippen LogP contribution is 2.20. The number of nitrogens with zero attached hydrogens (tertiary/aromatic N) is 2. The van der Waals surface area contributed by atoms with E-state index >= 15 is 0 Å². The molecule has 1 atom stereocenters. The van der Waals surface area contributed by atoms with Gasteiger partial charge < -0.3 is 19.9 Å². The second-order valence-electron chi connectivity index (χ2n) is 7.20. The molecule has 1 N–H and O–H groups in total. The Morgan fingerprint density at radius 3 is 2.35 bits per heavy atom. The molecule has 6 nitrogen and oxygen atoms in total. The Hall–Kier alpha value is -2.08. The maximum Gasteiger partial charge on any atom is 0.263 e. The fourth-order valence-corrected chi connectivity index (χ4v) is 3.66. The molecule has 2 fully saturated rings. The van der Waals surface area contributed by atoms with Gasteiger partial charge in [0.15, 0.2) is 6.10 Å². The number of ether oxygens (including phenoxy) is 1. The Balaban J connectivity index is 1.50. The first kappa shape index (κ1) is 18.7. The molecular weight excluding hydrogens is 330 g/mol. The van der Waals surface area contributed by atoms with E-state index in [4.69, 9.17) is 4.74 Å². The Morgan fingerprint density at radius 2 is 1.69 bits per heavy atom. The van der Waals surface area contributed by atoms with E-state index in [1.807, 2.05) is 41.0 Å². The second kappa shape index (κ2) is 8.54. The molecule has 1 unspecified atom stereocenters. The van der Waals surface area contributed by atoms with Gasteiger partial charge in [-0.3, -0.25) is 9.59 Å². The van der Waals surface area contributed by atoms with Gasteiger partial charge in [-0.15, -0.1) is 0 Å². The lowest BCUT2D eigenvalue weighted by Crippen LogP contribution is -2.54. The molecule has 0 aliphatic carbocycles. The van der Waals surface area contributed by atoms with Crippen LogP contribution in [0, 0.1) is 12.8 Å². The van der Waals surface area contributed by atoms with Crippen molar-refractivity contribution in [3.8, 4) is 5.75 Å². The summed E-state index contributed by atoms with van der Waals surface area (Å²) in [6.07, 6.45) is 1.31. The summed E-state index contributed by atoms with van der Waals surface area (Å²) in [7, 11) is 0. The molecule has 2 heterocycles. The number of nitrogens with one attached hydrogen (secondary N) is 1. The lowest BCUT2D eigenvalue weighted by molar-refractivity contribution is -0.145. The van der Waals surface area contributed by atoms with Crippen LogP contribution in [-0.4, -0.2) is 67.0 Å². The van der Waals surface area contributed by atoms with Crippen LogP contribution in [0.15, 0.2) is 24.3 Å². The SMILES string of the molecule is Cc1ccccc1OC(C)C(=O)N1CCN(C(=O)C2CCNCC2)CC1. The molecule has 26 heavy (non-hydrogen) atoms. The van der Waals surface area contributed by atoms with Gasteiger partial charge in [-0.1, -0.05) is 18.2 Å². The minimum absolute atomic E-state index is 0.0118. The van der Waals surface area contributed by atoms with Crippen molar-refractivity contribution < 1.29 is 14.3 Å². The van der Waals surface area contributed by atoms with Gasteiger partial charge in [0, 0.05) is 32.1 Å². The van der Waals surface area contributed by atoms with Crippen molar-refractivity contribution in [3.63, 3.8) is 0 Å². The van der Waals surface area contributed by atoms with Crippen LogP contribution >= 0.6 is 0 Å². The summed E-state index contributed by atoms with van der Waals surface area (Å²) in [6, 6.07) is 7.71. The van der Waals surface area contributed by atoms with Gasteiger partial charge in [-0.2, -0.15) is 0 Å². The number of carbonyl (C=O) groups excluding carboxylic acids is 2. The summed E-state index contributed by atoms with van der Waals surface area (Å²) in [5.41, 5.74) is 1.02. The fraction of sp³-hybridized carbons (Fsp3) is 0.600. The van der Waals surface area contributed by atoms with Crippen molar-refractivity contribution in [1.82, 2.24) is 15.1 Å². The van der Waals surface area contributed by atoms with Crippen molar-refractivity contribution >= 4 is 11.8 Å². The summed E-state index contributed by atoms with van der Waals surface area (Å²) in [5.74, 6) is 1.12. The number of hydrogen-bond donors (Lipinski definition) is 1. The molecule has 1 aromatic carbocycles. The van der Waals surface area contributed by atoms with Gasteiger partial charge >= 0.3 is 0 Å². The monoisotopic (exact) mass is 359 g/mol. The number of amides is 2. The quantitative estimate of drug-likeness (QED) is 0.884. The zero-order valence-electron chi connectivity index (χ0n) is 15.7. The molecule has 2 aliphatic rings. The molecule has 1 aromatic rings. The number of rotatable bonds is 4. The van der Waals surface area contributed by atoms with Crippen LogP contribution in [0.1, 0.15) is 25.3 Å². The van der Waals surface area contributed by atoms with E-state index in [0.29, 0.717) is 26.2 Å². The van der Waals surface area contributed by atoms with Crippen LogP contribution in [0.5, 0.6) is 5.75 Å². The largest absolute Gasteiger partial charge is 0.481 e. The third kappa shape index (κ3) is 4.36. The highest BCUT2D eigenvalue weighted by Gasteiger charge is 2.31. The third-order valence-corrected chi connectivity index (χ3v) is 5.34. The molecule has 0 saturated carbocycles. The number of piperidine rings is 1. The molecule has 6 heteroatoms. The summed E-state index contributed by atoms with van der Waals surface area (Å²) in [4.78, 5) is 29.0. The van der Waals surface area contributed by atoms with E-state index in [0.717, 1.165) is 37.2 Å². The topological polar surface area (TPSA) is 61.9 Å². The summed E-state index contributed by atoms with van der Waals surface area (Å²) in [5, 5.41) is 3.29. The second-order valence-corrected chi connectivity index (χ2v) is 7.20. The van der Waals surface area contributed by atoms with Gasteiger partial charge in [-0.05, 0) is 51.4 Å². The van der Waals surface area contributed by atoms with Crippen molar-refractivity contribution in [1.29, 1.82) is 0 Å². The Kier molecular flexibility index (Phi) is 6.14. The first-order chi connectivity index (χ1) is 12.6. The number of benzene rings is 1. The first-order valence-electron chi connectivity index (χ1n) is 9.57. The van der Waals surface area contributed by atoms with Crippen LogP contribution in [0.2, 0.25) is 0 Å². The van der Waals surface area contributed by atoms with E-state index in [2.05, 4.69) is 5.32 Å². The number of carbonyl (C=O) groups is 2. The van der Waals surface area contributed by atoms with Crippen molar-refractivity contribution in [2.75, 3.05) is 39.3 Å². The smallest absolute Gasteiger partial charge is 0.263 e. The summed E-state index contributed by atoms with van der Waals surface area (Å²) < 4.78 is 5.85. The standard InChI is InChI=1S/C20H29N3O3/c1-15-5-3-4-6-18(15)26-16(2)19(24)22-11-13-23(14-12-22)20(25)17-7-9-21-10-8-17/h3-6,16-17,21H,7-14H2,1-2H3. The summed E-state index contributed by atoms with van der Waals surface area (Å²) >= 11 is 0. The fourth-order valence-electron chi connectivity index (χ4n) is 3.66. The van der Waals surface area contributed by atoms with E-state index in [9.17, 15) is 9.59 Å². The maximum absolute atomic E-state index is 12.7. The Morgan fingerprint density at radius 1 is 1.08 bits per heavy atom. The van der Waals surface area contributed by atoms with Crippen LogP contribution in [-0.2, 0) is 9.59 Å². The molecule has 0 aromatic heterocycles. The highest BCUT2D eigenvalue weighted by molar-refractivity contribution is 5.82. The van der Waals surface area contributed by atoms with E-state index in [-0.39, 0.29) is 17.7 Å². The molecular formula is C20H29N3O3.